The first-order valence-electron chi connectivity index (χ1n) is 20.6. The lowest BCUT2D eigenvalue weighted by molar-refractivity contribution is 0.769. The zero-order valence-corrected chi connectivity index (χ0v) is 32.4. The maximum absolute atomic E-state index is 2.56. The van der Waals surface area contributed by atoms with Crippen LogP contribution in [0.5, 0.6) is 0 Å². The Morgan fingerprint density at radius 1 is 0.237 bits per heavy atom. The van der Waals surface area contributed by atoms with E-state index in [1.165, 1.54) is 110 Å². The average molecular weight is 747 g/mol. The van der Waals surface area contributed by atoms with Crippen LogP contribution in [0.15, 0.2) is 231 Å². The van der Waals surface area contributed by atoms with E-state index in [1.54, 1.807) is 0 Å². The lowest BCUT2D eigenvalue weighted by Gasteiger charge is -2.34. The zero-order valence-electron chi connectivity index (χ0n) is 32.4. The molecule has 0 fully saturated rings. The van der Waals surface area contributed by atoms with Gasteiger partial charge in [-0.05, 0) is 128 Å². The lowest BCUT2D eigenvalue weighted by Crippen LogP contribution is -2.28. The minimum absolute atomic E-state index is 0.510. The normalized spacial score (nSPS) is 12.9. The minimum Gasteiger partial charge on any atom is -0.0622 e. The molecule has 0 atom stereocenters. The molecule has 0 amide bonds. The predicted octanol–water partition coefficient (Wildman–Crippen LogP) is 15.7. The predicted molar refractivity (Wildman–Crippen MR) is 250 cm³/mol. The molecule has 11 aromatic rings. The molecule has 0 radical (unpaired) electrons. The first-order chi connectivity index (χ1) is 29.3. The van der Waals surface area contributed by atoms with E-state index in [2.05, 4.69) is 231 Å². The molecule has 0 nitrogen and oxygen atoms in total. The van der Waals surface area contributed by atoms with E-state index in [0.717, 1.165) is 0 Å². The van der Waals surface area contributed by atoms with Gasteiger partial charge < -0.3 is 0 Å². The number of benzene rings is 11. The van der Waals surface area contributed by atoms with Gasteiger partial charge in [0.25, 0.3) is 0 Å². The molecule has 0 aromatic heterocycles. The molecule has 0 bridgehead atoms. The summed E-state index contributed by atoms with van der Waals surface area (Å²) in [7, 11) is 0. The average Bonchev–Trinajstić information content (AvgIpc) is 3.62. The molecule has 0 N–H and O–H groups in total. The summed E-state index contributed by atoms with van der Waals surface area (Å²) >= 11 is 0. The highest BCUT2D eigenvalue weighted by molar-refractivity contribution is 6.25. The van der Waals surface area contributed by atoms with Gasteiger partial charge in [-0.2, -0.15) is 0 Å². The van der Waals surface area contributed by atoms with Gasteiger partial charge in [-0.25, -0.2) is 0 Å². The topological polar surface area (TPSA) is 0 Å². The molecule has 59 heavy (non-hydrogen) atoms. The Morgan fingerprint density at radius 2 is 0.678 bits per heavy atom. The summed E-state index contributed by atoms with van der Waals surface area (Å²) in [5.74, 6) is 0. The van der Waals surface area contributed by atoms with Crippen molar-refractivity contribution in [1.29, 1.82) is 0 Å². The molecule has 0 heteroatoms. The van der Waals surface area contributed by atoms with Crippen molar-refractivity contribution in [3.8, 4) is 44.5 Å². The van der Waals surface area contributed by atoms with Crippen LogP contribution in [0.2, 0.25) is 0 Å². The number of fused-ring (bicyclic) bond motifs is 8. The largest absolute Gasteiger partial charge is 0.0714 e. The van der Waals surface area contributed by atoms with Crippen LogP contribution in [0.25, 0.3) is 87.6 Å². The van der Waals surface area contributed by atoms with Gasteiger partial charge in [-0.1, -0.05) is 212 Å². The summed E-state index contributed by atoms with van der Waals surface area (Å²) in [6.07, 6.45) is 0. The van der Waals surface area contributed by atoms with Crippen LogP contribution in [-0.4, -0.2) is 0 Å². The van der Waals surface area contributed by atoms with Gasteiger partial charge >= 0.3 is 0 Å². The molecule has 0 saturated carbocycles. The lowest BCUT2D eigenvalue weighted by atomic mass is 9.67. The molecular formula is C59H38. The number of hydrogen-bond acceptors (Lipinski definition) is 0. The van der Waals surface area contributed by atoms with Crippen LogP contribution in [0.1, 0.15) is 22.3 Å². The van der Waals surface area contributed by atoms with E-state index in [1.807, 2.05) is 0 Å². The second-order valence-electron chi connectivity index (χ2n) is 15.9. The van der Waals surface area contributed by atoms with E-state index in [-0.39, 0.29) is 0 Å². The van der Waals surface area contributed by atoms with Crippen LogP contribution < -0.4 is 0 Å². The van der Waals surface area contributed by atoms with Crippen LogP contribution in [0.4, 0.5) is 0 Å². The summed E-state index contributed by atoms with van der Waals surface area (Å²) in [5.41, 5.74) is 14.8. The smallest absolute Gasteiger partial charge is 0.0622 e. The molecule has 11 aromatic carbocycles. The molecule has 0 unspecified atom stereocenters. The highest BCUT2D eigenvalue weighted by Gasteiger charge is 2.47. The van der Waals surface area contributed by atoms with Gasteiger partial charge in [0.15, 0.2) is 0 Å². The molecule has 12 rings (SSSR count). The third-order valence-electron chi connectivity index (χ3n) is 12.9. The Kier molecular flexibility index (Phi) is 7.55. The molecule has 0 aliphatic heterocycles. The van der Waals surface area contributed by atoms with Gasteiger partial charge in [-0.15, -0.1) is 0 Å². The van der Waals surface area contributed by atoms with Gasteiger partial charge in [-0.3, -0.25) is 0 Å². The van der Waals surface area contributed by atoms with Crippen molar-refractivity contribution in [3.63, 3.8) is 0 Å². The molecule has 0 spiro atoms. The van der Waals surface area contributed by atoms with Crippen LogP contribution in [-0.2, 0) is 5.41 Å². The Hall–Kier alpha value is -7.54. The van der Waals surface area contributed by atoms with Crippen molar-refractivity contribution < 1.29 is 0 Å². The van der Waals surface area contributed by atoms with Crippen molar-refractivity contribution in [2.75, 3.05) is 0 Å². The van der Waals surface area contributed by atoms with E-state index in [9.17, 15) is 0 Å². The Morgan fingerprint density at radius 3 is 1.27 bits per heavy atom. The third kappa shape index (κ3) is 4.97. The van der Waals surface area contributed by atoms with Crippen molar-refractivity contribution >= 4 is 43.1 Å². The Bertz CT molecular complexity index is 3320. The van der Waals surface area contributed by atoms with Crippen LogP contribution in [0, 0.1) is 0 Å². The van der Waals surface area contributed by atoms with Gasteiger partial charge in [0.05, 0.1) is 5.41 Å². The molecule has 0 saturated heterocycles. The summed E-state index contributed by atoms with van der Waals surface area (Å²) in [4.78, 5) is 0. The second kappa shape index (κ2) is 13.3. The van der Waals surface area contributed by atoms with E-state index in [4.69, 9.17) is 0 Å². The fraction of sp³-hybridized carbons (Fsp3) is 0.0169. The first kappa shape index (κ1) is 33.6. The standard InChI is InChI=1S/C59H38/c1-4-18-39(19-5-1)40-32-33-42-37-43(35-34-41(42)36-40)56-48-26-12-14-28-50(48)57(51-29-15-13-27-49(51)56)53-38-55-58(47-25-11-10-24-46(47)53)52-30-16-17-31-54(52)59(55,44-20-6-2-7-21-44)45-22-8-3-9-23-45/h1-38H. The van der Waals surface area contributed by atoms with Crippen molar-refractivity contribution in [1.82, 2.24) is 0 Å². The second-order valence-corrected chi connectivity index (χ2v) is 15.9. The first-order valence-corrected chi connectivity index (χ1v) is 20.6. The van der Waals surface area contributed by atoms with E-state index in [0.29, 0.717) is 0 Å². The highest BCUT2D eigenvalue weighted by Crippen LogP contribution is 2.59. The minimum atomic E-state index is -0.510. The summed E-state index contributed by atoms with van der Waals surface area (Å²) in [6.45, 7) is 0. The summed E-state index contributed by atoms with van der Waals surface area (Å²) in [5, 5.41) is 10.0. The third-order valence-corrected chi connectivity index (χ3v) is 12.9. The maximum atomic E-state index is 2.56. The van der Waals surface area contributed by atoms with Gasteiger partial charge in [0.2, 0.25) is 0 Å². The van der Waals surface area contributed by atoms with Crippen molar-refractivity contribution in [2.24, 2.45) is 0 Å². The van der Waals surface area contributed by atoms with Crippen LogP contribution >= 0.6 is 0 Å². The van der Waals surface area contributed by atoms with Crippen molar-refractivity contribution in [2.45, 2.75) is 5.41 Å². The molecule has 0 heterocycles. The number of hydrogen-bond donors (Lipinski definition) is 0. The fourth-order valence-electron chi connectivity index (χ4n) is 10.4. The Balaban J connectivity index is 1.17. The fourth-order valence-corrected chi connectivity index (χ4v) is 10.4. The quantitative estimate of drug-likeness (QED) is 0.154. The molecule has 1 aliphatic carbocycles. The molecular weight excluding hydrogens is 709 g/mol. The SMILES string of the molecule is c1ccc(-c2ccc3cc(-c4c5ccccc5c(-c5cc6c(c7ccccc57)-c5ccccc5C6(c5ccccc5)c5ccccc5)c5ccccc45)ccc3c2)cc1. The molecule has 1 aliphatic rings. The van der Waals surface area contributed by atoms with Crippen LogP contribution in [0.3, 0.4) is 0 Å². The maximum Gasteiger partial charge on any atom is 0.0714 e. The monoisotopic (exact) mass is 746 g/mol. The highest BCUT2D eigenvalue weighted by atomic mass is 14.5. The van der Waals surface area contributed by atoms with E-state index >= 15 is 0 Å². The van der Waals surface area contributed by atoms with Gasteiger partial charge in [0, 0.05) is 0 Å². The van der Waals surface area contributed by atoms with Crippen molar-refractivity contribution in [3.05, 3.63) is 253 Å². The molecule has 274 valence electrons. The zero-order chi connectivity index (χ0) is 38.9. The Labute approximate surface area is 344 Å². The van der Waals surface area contributed by atoms with E-state index < -0.39 is 5.41 Å². The van der Waals surface area contributed by atoms with Gasteiger partial charge in [0.1, 0.15) is 0 Å². The summed E-state index contributed by atoms with van der Waals surface area (Å²) < 4.78 is 0. The number of rotatable bonds is 5. The summed E-state index contributed by atoms with van der Waals surface area (Å²) in [6, 6.07) is 85.7.